The first-order valence-electron chi connectivity index (χ1n) is 6.32. The van der Waals surface area contributed by atoms with Crippen molar-refractivity contribution in [3.8, 4) is 0 Å². The normalized spacial score (nSPS) is 15.9. The largest absolute Gasteiger partial charge is 0.478 e. The monoisotopic (exact) mass is 260 g/mol. The van der Waals surface area contributed by atoms with Crippen LogP contribution in [-0.2, 0) is 7.05 Å². The first-order valence-corrected chi connectivity index (χ1v) is 6.32. The highest BCUT2D eigenvalue weighted by Gasteiger charge is 2.19. The number of hydrogen-bond acceptors (Lipinski definition) is 4. The summed E-state index contributed by atoms with van der Waals surface area (Å²) in [5, 5.41) is 17.7. The Labute approximate surface area is 110 Å². The van der Waals surface area contributed by atoms with Gasteiger partial charge in [-0.25, -0.2) is 4.79 Å². The number of aromatic nitrogens is 2. The van der Waals surface area contributed by atoms with Gasteiger partial charge in [0.05, 0.1) is 5.56 Å². The lowest BCUT2D eigenvalue weighted by Crippen LogP contribution is -2.43. The number of nitrogens with zero attached hydrogens (tertiary/aromatic N) is 3. The quantitative estimate of drug-likeness (QED) is 0.831. The highest BCUT2D eigenvalue weighted by Crippen LogP contribution is 2.29. The average Bonchev–Trinajstić information content (AvgIpc) is 2.79. The highest BCUT2D eigenvalue weighted by atomic mass is 16.4. The third-order valence-corrected chi connectivity index (χ3v) is 3.46. The van der Waals surface area contributed by atoms with E-state index in [0.29, 0.717) is 5.52 Å². The lowest BCUT2D eigenvalue weighted by atomic mass is 10.1. The van der Waals surface area contributed by atoms with Crippen molar-refractivity contribution in [2.24, 2.45) is 7.05 Å². The predicted molar refractivity (Wildman–Crippen MR) is 72.8 cm³/mol. The Kier molecular flexibility index (Phi) is 2.87. The number of benzene rings is 1. The Bertz CT molecular complexity index is 629. The third kappa shape index (κ3) is 2.04. The van der Waals surface area contributed by atoms with Crippen LogP contribution in [0.1, 0.15) is 10.4 Å². The van der Waals surface area contributed by atoms with Gasteiger partial charge in [0.15, 0.2) is 0 Å². The molecule has 1 aromatic carbocycles. The van der Waals surface area contributed by atoms with E-state index >= 15 is 0 Å². The Balaban J connectivity index is 2.15. The minimum absolute atomic E-state index is 0.259. The van der Waals surface area contributed by atoms with Crippen molar-refractivity contribution in [2.75, 3.05) is 31.1 Å². The van der Waals surface area contributed by atoms with E-state index in [4.69, 9.17) is 0 Å². The fraction of sp³-hybridized carbons (Fsp3) is 0.385. The molecule has 1 aliphatic rings. The molecule has 6 nitrogen and oxygen atoms in total. The zero-order valence-electron chi connectivity index (χ0n) is 10.8. The molecule has 0 radical (unpaired) electrons. The van der Waals surface area contributed by atoms with Crippen molar-refractivity contribution in [3.05, 3.63) is 23.9 Å². The maximum atomic E-state index is 11.2. The number of hydrogen-bond donors (Lipinski definition) is 2. The molecule has 0 atom stereocenters. The minimum atomic E-state index is -0.935. The van der Waals surface area contributed by atoms with Crippen molar-refractivity contribution >= 4 is 22.6 Å². The van der Waals surface area contributed by atoms with Gasteiger partial charge in [0.2, 0.25) is 0 Å². The second-order valence-corrected chi connectivity index (χ2v) is 4.74. The van der Waals surface area contributed by atoms with Gasteiger partial charge < -0.3 is 15.3 Å². The Morgan fingerprint density at radius 1 is 1.37 bits per heavy atom. The Morgan fingerprint density at radius 3 is 2.79 bits per heavy atom. The summed E-state index contributed by atoms with van der Waals surface area (Å²) in [6.45, 7) is 3.75. The summed E-state index contributed by atoms with van der Waals surface area (Å²) in [7, 11) is 1.81. The summed E-state index contributed by atoms with van der Waals surface area (Å²) in [5.74, 6) is -0.935. The molecule has 1 aromatic heterocycles. The lowest BCUT2D eigenvalue weighted by Gasteiger charge is -2.30. The summed E-state index contributed by atoms with van der Waals surface area (Å²) in [5.41, 5.74) is 1.88. The van der Waals surface area contributed by atoms with Gasteiger partial charge in [0.25, 0.3) is 0 Å². The van der Waals surface area contributed by atoms with Gasteiger partial charge >= 0.3 is 5.97 Å². The van der Waals surface area contributed by atoms with E-state index in [-0.39, 0.29) is 5.56 Å². The minimum Gasteiger partial charge on any atom is -0.478 e. The molecular weight excluding hydrogens is 244 g/mol. The first-order chi connectivity index (χ1) is 9.16. The number of nitrogens with one attached hydrogen (secondary N) is 1. The molecule has 0 amide bonds. The van der Waals surface area contributed by atoms with Crippen molar-refractivity contribution in [1.82, 2.24) is 15.1 Å². The molecule has 1 saturated heterocycles. The second kappa shape index (κ2) is 4.55. The van der Waals surface area contributed by atoms with Crippen LogP contribution in [0.5, 0.6) is 0 Å². The molecule has 0 unspecified atom stereocenters. The summed E-state index contributed by atoms with van der Waals surface area (Å²) < 4.78 is 1.67. The fourth-order valence-electron chi connectivity index (χ4n) is 2.56. The summed E-state index contributed by atoms with van der Waals surface area (Å²) in [6.07, 6.45) is 1.89. The van der Waals surface area contributed by atoms with E-state index in [9.17, 15) is 9.90 Å². The van der Waals surface area contributed by atoms with Crippen LogP contribution in [0.2, 0.25) is 0 Å². The van der Waals surface area contributed by atoms with E-state index in [0.717, 1.165) is 37.3 Å². The van der Waals surface area contributed by atoms with Crippen molar-refractivity contribution in [3.63, 3.8) is 0 Å². The molecule has 19 heavy (non-hydrogen) atoms. The molecule has 1 aliphatic heterocycles. The van der Waals surface area contributed by atoms with Gasteiger partial charge in [-0.05, 0) is 12.1 Å². The Hall–Kier alpha value is -2.08. The molecular formula is C13H16N4O2. The zero-order valence-corrected chi connectivity index (χ0v) is 10.8. The lowest BCUT2D eigenvalue weighted by molar-refractivity contribution is 0.0699. The number of fused-ring (bicyclic) bond motifs is 1. The SMILES string of the molecule is Cn1cc2c(N3CCNCC3)ccc(C(=O)O)c2n1. The molecule has 3 rings (SSSR count). The summed E-state index contributed by atoms with van der Waals surface area (Å²) in [4.78, 5) is 13.5. The topological polar surface area (TPSA) is 70.4 Å². The number of carboxylic acids is 1. The summed E-state index contributed by atoms with van der Waals surface area (Å²) in [6, 6.07) is 3.54. The van der Waals surface area contributed by atoms with Crippen molar-refractivity contribution in [1.29, 1.82) is 0 Å². The third-order valence-electron chi connectivity index (χ3n) is 3.46. The van der Waals surface area contributed by atoms with Gasteiger partial charge in [0, 0.05) is 50.5 Å². The number of aromatic carboxylic acids is 1. The van der Waals surface area contributed by atoms with Gasteiger partial charge in [-0.1, -0.05) is 0 Å². The molecule has 2 aromatic rings. The summed E-state index contributed by atoms with van der Waals surface area (Å²) >= 11 is 0. The van der Waals surface area contributed by atoms with E-state index in [1.54, 1.807) is 10.7 Å². The molecule has 0 bridgehead atoms. The average molecular weight is 260 g/mol. The number of carbonyl (C=O) groups is 1. The molecule has 1 fully saturated rings. The number of rotatable bonds is 2. The van der Waals surface area contributed by atoms with E-state index in [2.05, 4.69) is 15.3 Å². The van der Waals surface area contributed by atoms with Crippen LogP contribution >= 0.6 is 0 Å². The van der Waals surface area contributed by atoms with Gasteiger partial charge in [-0.3, -0.25) is 4.68 Å². The highest BCUT2D eigenvalue weighted by molar-refractivity contribution is 6.06. The number of carboxylic acid groups (broad SMARTS) is 1. The van der Waals surface area contributed by atoms with Crippen LogP contribution in [0.4, 0.5) is 5.69 Å². The number of aryl methyl sites for hydroxylation is 1. The standard InChI is InChI=1S/C13H16N4O2/c1-16-8-10-11(17-6-4-14-5-7-17)3-2-9(13(18)19)12(10)15-16/h2-3,8,14H,4-7H2,1H3,(H,18,19). The van der Waals surface area contributed by atoms with Crippen LogP contribution in [0.25, 0.3) is 10.9 Å². The van der Waals surface area contributed by atoms with Gasteiger partial charge in [-0.15, -0.1) is 0 Å². The molecule has 2 heterocycles. The number of anilines is 1. The van der Waals surface area contributed by atoms with Gasteiger partial charge in [0.1, 0.15) is 5.52 Å². The second-order valence-electron chi connectivity index (χ2n) is 4.74. The maximum Gasteiger partial charge on any atom is 0.337 e. The molecule has 6 heteroatoms. The molecule has 0 aliphatic carbocycles. The van der Waals surface area contributed by atoms with Crippen LogP contribution < -0.4 is 10.2 Å². The van der Waals surface area contributed by atoms with Crippen LogP contribution in [-0.4, -0.2) is 47.0 Å². The first kappa shape index (κ1) is 12.0. The molecule has 2 N–H and O–H groups in total. The molecule has 100 valence electrons. The maximum absolute atomic E-state index is 11.2. The molecule has 0 saturated carbocycles. The fourth-order valence-corrected chi connectivity index (χ4v) is 2.56. The van der Waals surface area contributed by atoms with Crippen LogP contribution in [0, 0.1) is 0 Å². The van der Waals surface area contributed by atoms with E-state index in [1.807, 2.05) is 19.3 Å². The smallest absolute Gasteiger partial charge is 0.337 e. The van der Waals surface area contributed by atoms with E-state index < -0.39 is 5.97 Å². The van der Waals surface area contributed by atoms with Crippen molar-refractivity contribution in [2.45, 2.75) is 0 Å². The number of piperazine rings is 1. The van der Waals surface area contributed by atoms with Gasteiger partial charge in [-0.2, -0.15) is 5.10 Å². The predicted octanol–water partition coefficient (Wildman–Crippen LogP) is 0.681. The van der Waals surface area contributed by atoms with E-state index in [1.165, 1.54) is 0 Å². The van der Waals surface area contributed by atoms with Crippen LogP contribution in [0.3, 0.4) is 0 Å². The Morgan fingerprint density at radius 2 is 2.11 bits per heavy atom. The van der Waals surface area contributed by atoms with Crippen molar-refractivity contribution < 1.29 is 9.90 Å². The molecule has 0 spiro atoms. The van der Waals surface area contributed by atoms with Crippen LogP contribution in [0.15, 0.2) is 18.3 Å². The zero-order chi connectivity index (χ0) is 13.4.